The van der Waals surface area contributed by atoms with E-state index in [1.807, 2.05) is 24.4 Å². The summed E-state index contributed by atoms with van der Waals surface area (Å²) in [5, 5.41) is 7.70. The summed E-state index contributed by atoms with van der Waals surface area (Å²) in [6.07, 6.45) is 1.88. The molecule has 0 radical (unpaired) electrons. The summed E-state index contributed by atoms with van der Waals surface area (Å²) in [7, 11) is 0. The van der Waals surface area contributed by atoms with Gasteiger partial charge in [0.1, 0.15) is 22.7 Å². The first-order valence-electron chi connectivity index (χ1n) is 19.9. The molecule has 5 heterocycles. The number of benzene rings is 8. The summed E-state index contributed by atoms with van der Waals surface area (Å²) in [5.41, 5.74) is 12.5. The van der Waals surface area contributed by atoms with Gasteiger partial charge in [-0.2, -0.15) is 0 Å². The molecule has 13 rings (SSSR count). The molecule has 8 aromatic carbocycles. The Kier molecular flexibility index (Phi) is 6.63. The summed E-state index contributed by atoms with van der Waals surface area (Å²) in [6, 6.07) is 66.1. The lowest BCUT2D eigenvalue weighted by molar-refractivity contribution is 0.495. The minimum absolute atomic E-state index is 0.808. The Morgan fingerprint density at radius 1 is 0.356 bits per heavy atom. The monoisotopic (exact) mass is 756 g/mol. The van der Waals surface area contributed by atoms with Gasteiger partial charge >= 0.3 is 0 Å². The van der Waals surface area contributed by atoms with Crippen LogP contribution in [0, 0.1) is 0 Å². The zero-order valence-electron chi connectivity index (χ0n) is 31.6. The number of nitrogens with zero attached hydrogens (tertiary/aromatic N) is 4. The topological polar surface area (TPSA) is 50.0 Å². The van der Waals surface area contributed by atoms with E-state index < -0.39 is 0 Å². The predicted octanol–water partition coefficient (Wildman–Crippen LogP) is 14.1. The Hall–Kier alpha value is -8.09. The van der Waals surface area contributed by atoms with Crippen molar-refractivity contribution < 1.29 is 9.15 Å². The molecule has 0 bridgehead atoms. The molecule has 0 aliphatic carbocycles. The Morgan fingerprint density at radius 2 is 0.881 bits per heavy atom. The van der Waals surface area contributed by atoms with Crippen molar-refractivity contribution in [3.63, 3.8) is 0 Å². The van der Waals surface area contributed by atoms with E-state index in [9.17, 15) is 0 Å². The third-order valence-electron chi connectivity index (χ3n) is 11.9. The molecule has 0 saturated carbocycles. The van der Waals surface area contributed by atoms with Crippen LogP contribution < -0.4 is 4.74 Å². The molecule has 0 unspecified atom stereocenters. The number of fused-ring (bicyclic) bond motifs is 12. The van der Waals surface area contributed by atoms with Crippen LogP contribution in [-0.4, -0.2) is 18.7 Å². The van der Waals surface area contributed by atoms with Crippen molar-refractivity contribution in [3.05, 3.63) is 194 Å². The maximum atomic E-state index is 7.10. The second-order valence-electron chi connectivity index (χ2n) is 15.1. The fourth-order valence-electron chi connectivity index (χ4n) is 9.49. The van der Waals surface area contributed by atoms with Gasteiger partial charge in [-0.25, -0.2) is 0 Å². The largest absolute Gasteiger partial charge is 0.456 e. The molecule has 0 saturated heterocycles. The minimum atomic E-state index is 0.808. The summed E-state index contributed by atoms with van der Waals surface area (Å²) >= 11 is 0. The van der Waals surface area contributed by atoms with Crippen LogP contribution in [0.15, 0.2) is 199 Å². The molecule has 0 aliphatic heterocycles. The maximum absolute atomic E-state index is 7.10. The predicted molar refractivity (Wildman–Crippen MR) is 241 cm³/mol. The Labute approximate surface area is 336 Å². The fourth-order valence-corrected chi connectivity index (χ4v) is 9.49. The first kappa shape index (κ1) is 32.0. The van der Waals surface area contributed by atoms with E-state index in [2.05, 4.69) is 184 Å². The van der Waals surface area contributed by atoms with Crippen molar-refractivity contribution in [2.75, 3.05) is 0 Å². The quantitative estimate of drug-likeness (QED) is 0.176. The number of furan rings is 1. The smallest absolute Gasteiger partial charge is 0.137 e. The molecule has 6 nitrogen and oxygen atoms in total. The van der Waals surface area contributed by atoms with E-state index >= 15 is 0 Å². The number of aromatic nitrogens is 4. The van der Waals surface area contributed by atoms with Crippen molar-refractivity contribution in [2.24, 2.45) is 0 Å². The van der Waals surface area contributed by atoms with Crippen molar-refractivity contribution in [3.8, 4) is 28.6 Å². The minimum Gasteiger partial charge on any atom is -0.456 e. The van der Waals surface area contributed by atoms with Crippen LogP contribution in [0.1, 0.15) is 0 Å². The molecule has 0 fully saturated rings. The first-order valence-corrected chi connectivity index (χ1v) is 19.9. The highest BCUT2D eigenvalue weighted by atomic mass is 16.5. The molecular formula is C53H32N4O2. The number of pyridine rings is 1. The highest BCUT2D eigenvalue weighted by Crippen LogP contribution is 2.44. The molecule has 0 atom stereocenters. The SMILES string of the molecule is c1ccc(-n2c3ccccc3c3c(Oc4cccc5c4c4ccccc4n5-c4ccc5c(c4)c4ncccc4n5-c4ccc5oc6ccccc6c5c4)cccc32)cc1. The van der Waals surface area contributed by atoms with Gasteiger partial charge in [-0.05, 0) is 103 Å². The number of hydrogen-bond acceptors (Lipinski definition) is 3. The van der Waals surface area contributed by atoms with Gasteiger partial charge in [0.15, 0.2) is 0 Å². The molecule has 6 heteroatoms. The maximum Gasteiger partial charge on any atom is 0.137 e. The van der Waals surface area contributed by atoms with Crippen molar-refractivity contribution >= 4 is 87.5 Å². The lowest BCUT2D eigenvalue weighted by Crippen LogP contribution is -1.96. The van der Waals surface area contributed by atoms with E-state index in [1.165, 1.54) is 0 Å². The molecule has 276 valence electrons. The Bertz CT molecular complexity index is 3830. The lowest BCUT2D eigenvalue weighted by Gasteiger charge is -2.12. The average molecular weight is 757 g/mol. The zero-order valence-corrected chi connectivity index (χ0v) is 31.6. The number of hydrogen-bond donors (Lipinski definition) is 0. The van der Waals surface area contributed by atoms with Gasteiger partial charge in [0.05, 0.1) is 49.4 Å². The van der Waals surface area contributed by atoms with Gasteiger partial charge in [-0.1, -0.05) is 84.9 Å². The molecule has 0 N–H and O–H groups in total. The molecule has 0 aliphatic rings. The molecule has 0 amide bonds. The van der Waals surface area contributed by atoms with Crippen LogP contribution in [-0.2, 0) is 0 Å². The van der Waals surface area contributed by atoms with Crippen LogP contribution in [0.4, 0.5) is 0 Å². The van der Waals surface area contributed by atoms with E-state index in [0.29, 0.717) is 0 Å². The first-order chi connectivity index (χ1) is 29.3. The van der Waals surface area contributed by atoms with Crippen LogP contribution in [0.25, 0.3) is 105 Å². The van der Waals surface area contributed by atoms with Crippen molar-refractivity contribution in [1.29, 1.82) is 0 Å². The van der Waals surface area contributed by atoms with E-state index in [-0.39, 0.29) is 0 Å². The molecule has 0 spiro atoms. The van der Waals surface area contributed by atoms with Crippen LogP contribution in [0.5, 0.6) is 11.5 Å². The van der Waals surface area contributed by atoms with Gasteiger partial charge in [0.2, 0.25) is 0 Å². The van der Waals surface area contributed by atoms with E-state index in [0.717, 1.165) is 116 Å². The molecular weight excluding hydrogens is 725 g/mol. The summed E-state index contributed by atoms with van der Waals surface area (Å²) < 4.78 is 20.3. The van der Waals surface area contributed by atoms with Gasteiger partial charge in [-0.15, -0.1) is 0 Å². The standard InChI is InChI=1S/C53H32N4O2/c1-2-13-33(14-3-1)55-41-18-7-4-16-37(41)51-44(55)20-10-24-49(51)59-50-25-11-21-45-52(50)38-17-5-8-19-42(38)56(45)34-26-28-43-40(32-34)53-46(22-12-30-54-53)57(43)35-27-29-48-39(31-35)36-15-6-9-23-47(36)58-48/h1-32H. The van der Waals surface area contributed by atoms with Gasteiger partial charge in [0.25, 0.3) is 0 Å². The zero-order chi connectivity index (χ0) is 38.6. The number of ether oxygens (including phenoxy) is 1. The van der Waals surface area contributed by atoms with Gasteiger partial charge < -0.3 is 22.9 Å². The van der Waals surface area contributed by atoms with E-state index in [1.54, 1.807) is 0 Å². The molecule has 5 aromatic heterocycles. The third-order valence-corrected chi connectivity index (χ3v) is 11.9. The fraction of sp³-hybridized carbons (Fsp3) is 0. The van der Waals surface area contributed by atoms with Crippen molar-refractivity contribution in [1.82, 2.24) is 18.7 Å². The summed E-state index contributed by atoms with van der Waals surface area (Å²) in [6.45, 7) is 0. The molecule has 59 heavy (non-hydrogen) atoms. The number of para-hydroxylation sites is 4. The summed E-state index contributed by atoms with van der Waals surface area (Å²) in [4.78, 5) is 4.96. The Balaban J connectivity index is 0.997. The average Bonchev–Trinajstić information content (AvgIpc) is 4.03. The second kappa shape index (κ2) is 12.2. The second-order valence-corrected chi connectivity index (χ2v) is 15.1. The number of rotatable bonds is 5. The summed E-state index contributed by atoms with van der Waals surface area (Å²) in [5.74, 6) is 1.63. The Morgan fingerprint density at radius 3 is 1.61 bits per heavy atom. The lowest BCUT2D eigenvalue weighted by atomic mass is 10.1. The third kappa shape index (κ3) is 4.59. The van der Waals surface area contributed by atoms with Crippen LogP contribution in [0.2, 0.25) is 0 Å². The van der Waals surface area contributed by atoms with Gasteiger partial charge in [0, 0.05) is 50.2 Å². The van der Waals surface area contributed by atoms with E-state index in [4.69, 9.17) is 14.1 Å². The van der Waals surface area contributed by atoms with Crippen molar-refractivity contribution in [2.45, 2.75) is 0 Å². The van der Waals surface area contributed by atoms with Crippen LogP contribution in [0.3, 0.4) is 0 Å². The van der Waals surface area contributed by atoms with Crippen LogP contribution >= 0.6 is 0 Å². The molecule has 13 aromatic rings. The highest BCUT2D eigenvalue weighted by molar-refractivity contribution is 6.15. The van der Waals surface area contributed by atoms with Gasteiger partial charge in [-0.3, -0.25) is 4.98 Å². The highest BCUT2D eigenvalue weighted by Gasteiger charge is 2.21. The normalized spacial score (nSPS) is 12.1.